The zero-order valence-electron chi connectivity index (χ0n) is 12.3. The molecule has 20 heavy (non-hydrogen) atoms. The molecule has 1 heterocycles. The number of rotatable bonds is 5. The molecule has 2 rings (SSSR count). The van der Waals surface area contributed by atoms with Gasteiger partial charge in [-0.2, -0.15) is 0 Å². The van der Waals surface area contributed by atoms with Crippen molar-refractivity contribution in [1.82, 2.24) is 10.2 Å². The Morgan fingerprint density at radius 1 is 1.40 bits per heavy atom. The van der Waals surface area contributed by atoms with Crippen LogP contribution < -0.4 is 5.32 Å². The topological polar surface area (TPSA) is 15.3 Å². The minimum absolute atomic E-state index is 0.199. The Labute approximate surface area is 126 Å². The van der Waals surface area contributed by atoms with Gasteiger partial charge in [0.15, 0.2) is 0 Å². The van der Waals surface area contributed by atoms with E-state index < -0.39 is 0 Å². The second-order valence-corrected chi connectivity index (χ2v) is 6.04. The van der Waals surface area contributed by atoms with E-state index >= 15 is 0 Å². The summed E-state index contributed by atoms with van der Waals surface area (Å²) in [7, 11) is 0. The van der Waals surface area contributed by atoms with E-state index in [1.807, 2.05) is 6.07 Å². The molecule has 0 radical (unpaired) electrons. The van der Waals surface area contributed by atoms with Crippen molar-refractivity contribution >= 4 is 11.6 Å². The van der Waals surface area contributed by atoms with E-state index in [4.69, 9.17) is 11.6 Å². The first kappa shape index (κ1) is 15.7. The van der Waals surface area contributed by atoms with E-state index in [0.29, 0.717) is 12.1 Å². The molecule has 0 aliphatic carbocycles. The molecule has 0 bridgehead atoms. The molecule has 1 aliphatic heterocycles. The number of piperazine rings is 1. The minimum atomic E-state index is -0.322. The predicted octanol–water partition coefficient (Wildman–Crippen LogP) is 3.83. The van der Waals surface area contributed by atoms with Gasteiger partial charge >= 0.3 is 0 Å². The van der Waals surface area contributed by atoms with Crippen LogP contribution in [-0.4, -0.2) is 30.1 Å². The summed E-state index contributed by atoms with van der Waals surface area (Å²) in [5.74, 6) is -0.322. The van der Waals surface area contributed by atoms with Crippen LogP contribution in [-0.2, 0) is 6.54 Å². The van der Waals surface area contributed by atoms with E-state index in [1.165, 1.54) is 12.8 Å². The summed E-state index contributed by atoms with van der Waals surface area (Å²) < 4.78 is 13.5. The van der Waals surface area contributed by atoms with Crippen molar-refractivity contribution in [2.75, 3.05) is 13.1 Å². The fourth-order valence-corrected chi connectivity index (χ4v) is 3.06. The SMILES string of the molecule is CCCC1CN(Cc2ccc(Cl)c(F)c2)C(CC)CN1. The molecule has 0 spiro atoms. The van der Waals surface area contributed by atoms with Gasteiger partial charge in [0, 0.05) is 31.7 Å². The van der Waals surface area contributed by atoms with Gasteiger partial charge < -0.3 is 5.32 Å². The van der Waals surface area contributed by atoms with E-state index in [2.05, 4.69) is 24.1 Å². The molecule has 1 aromatic carbocycles. The molecule has 0 amide bonds. The fraction of sp³-hybridized carbons (Fsp3) is 0.625. The average Bonchev–Trinajstić information content (AvgIpc) is 2.44. The van der Waals surface area contributed by atoms with Gasteiger partial charge in [0.25, 0.3) is 0 Å². The van der Waals surface area contributed by atoms with Gasteiger partial charge in [-0.05, 0) is 30.5 Å². The maximum absolute atomic E-state index is 13.5. The van der Waals surface area contributed by atoms with Crippen LogP contribution in [0.5, 0.6) is 0 Å². The maximum atomic E-state index is 13.5. The van der Waals surface area contributed by atoms with E-state index in [0.717, 1.165) is 31.6 Å². The lowest BCUT2D eigenvalue weighted by atomic mass is 10.0. The Kier molecular flexibility index (Phi) is 5.82. The molecule has 4 heteroatoms. The Balaban J connectivity index is 2.04. The van der Waals surface area contributed by atoms with Crippen molar-refractivity contribution in [2.24, 2.45) is 0 Å². The summed E-state index contributed by atoms with van der Waals surface area (Å²) in [5.41, 5.74) is 1.00. The van der Waals surface area contributed by atoms with Crippen LogP contribution in [0, 0.1) is 5.82 Å². The van der Waals surface area contributed by atoms with Crippen molar-refractivity contribution in [3.8, 4) is 0 Å². The summed E-state index contributed by atoms with van der Waals surface area (Å²) in [6.07, 6.45) is 3.50. The molecule has 2 atom stereocenters. The number of benzene rings is 1. The molecule has 2 unspecified atom stereocenters. The lowest BCUT2D eigenvalue weighted by Crippen LogP contribution is -2.55. The largest absolute Gasteiger partial charge is 0.311 e. The predicted molar refractivity (Wildman–Crippen MR) is 82.6 cm³/mol. The summed E-state index contributed by atoms with van der Waals surface area (Å²) in [6.45, 7) is 7.29. The molecule has 1 saturated heterocycles. The van der Waals surface area contributed by atoms with Crippen LogP contribution in [0.2, 0.25) is 5.02 Å². The van der Waals surface area contributed by atoms with Crippen molar-refractivity contribution in [2.45, 2.75) is 51.7 Å². The first-order chi connectivity index (χ1) is 9.63. The van der Waals surface area contributed by atoms with Crippen molar-refractivity contribution in [3.05, 3.63) is 34.6 Å². The van der Waals surface area contributed by atoms with Crippen LogP contribution >= 0.6 is 11.6 Å². The van der Waals surface area contributed by atoms with Crippen LogP contribution in [0.15, 0.2) is 18.2 Å². The lowest BCUT2D eigenvalue weighted by molar-refractivity contribution is 0.115. The molecule has 1 aromatic rings. The highest BCUT2D eigenvalue weighted by Crippen LogP contribution is 2.20. The highest BCUT2D eigenvalue weighted by atomic mass is 35.5. The van der Waals surface area contributed by atoms with Gasteiger partial charge in [-0.3, -0.25) is 4.90 Å². The van der Waals surface area contributed by atoms with Gasteiger partial charge in [0.2, 0.25) is 0 Å². The molecule has 0 aromatic heterocycles. The minimum Gasteiger partial charge on any atom is -0.311 e. The number of nitrogens with zero attached hydrogens (tertiary/aromatic N) is 1. The maximum Gasteiger partial charge on any atom is 0.142 e. The van der Waals surface area contributed by atoms with Gasteiger partial charge in [-0.1, -0.05) is 37.9 Å². The van der Waals surface area contributed by atoms with E-state index in [1.54, 1.807) is 12.1 Å². The zero-order chi connectivity index (χ0) is 14.5. The Bertz CT molecular complexity index is 438. The Morgan fingerprint density at radius 2 is 2.20 bits per heavy atom. The van der Waals surface area contributed by atoms with Crippen LogP contribution in [0.4, 0.5) is 4.39 Å². The molecule has 1 aliphatic rings. The average molecular weight is 299 g/mol. The second-order valence-electron chi connectivity index (χ2n) is 5.63. The standard InChI is InChI=1S/C16H24ClFN2/c1-3-5-13-11-20(14(4-2)9-19-13)10-12-6-7-15(17)16(18)8-12/h6-8,13-14,19H,3-5,9-11H2,1-2H3. The lowest BCUT2D eigenvalue weighted by Gasteiger charge is -2.40. The van der Waals surface area contributed by atoms with E-state index in [-0.39, 0.29) is 10.8 Å². The van der Waals surface area contributed by atoms with Crippen LogP contribution in [0.3, 0.4) is 0 Å². The number of hydrogen-bond acceptors (Lipinski definition) is 2. The fourth-order valence-electron chi connectivity index (χ4n) is 2.94. The first-order valence-electron chi connectivity index (χ1n) is 7.55. The number of nitrogens with one attached hydrogen (secondary N) is 1. The van der Waals surface area contributed by atoms with Gasteiger partial charge in [-0.25, -0.2) is 4.39 Å². The van der Waals surface area contributed by atoms with Crippen LogP contribution in [0.1, 0.15) is 38.7 Å². The molecular weight excluding hydrogens is 275 g/mol. The molecular formula is C16H24ClFN2. The van der Waals surface area contributed by atoms with Gasteiger partial charge in [0.1, 0.15) is 5.82 Å². The Morgan fingerprint density at radius 3 is 2.85 bits per heavy atom. The van der Waals surface area contributed by atoms with Crippen molar-refractivity contribution in [1.29, 1.82) is 0 Å². The van der Waals surface area contributed by atoms with Crippen molar-refractivity contribution < 1.29 is 4.39 Å². The summed E-state index contributed by atoms with van der Waals surface area (Å²) in [5, 5.41) is 3.82. The number of halogens is 2. The number of hydrogen-bond donors (Lipinski definition) is 1. The van der Waals surface area contributed by atoms with Crippen LogP contribution in [0.25, 0.3) is 0 Å². The Hall–Kier alpha value is -0.640. The molecule has 0 saturated carbocycles. The quantitative estimate of drug-likeness (QED) is 0.889. The summed E-state index contributed by atoms with van der Waals surface area (Å²) in [4.78, 5) is 2.47. The molecule has 1 N–H and O–H groups in total. The third-order valence-electron chi connectivity index (χ3n) is 4.09. The molecule has 1 fully saturated rings. The van der Waals surface area contributed by atoms with Crippen molar-refractivity contribution in [3.63, 3.8) is 0 Å². The summed E-state index contributed by atoms with van der Waals surface area (Å²) in [6, 6.07) is 6.22. The third-order valence-corrected chi connectivity index (χ3v) is 4.40. The highest BCUT2D eigenvalue weighted by molar-refractivity contribution is 6.30. The summed E-state index contributed by atoms with van der Waals surface area (Å²) >= 11 is 5.75. The van der Waals surface area contributed by atoms with Gasteiger partial charge in [-0.15, -0.1) is 0 Å². The van der Waals surface area contributed by atoms with E-state index in [9.17, 15) is 4.39 Å². The second kappa shape index (κ2) is 7.39. The molecule has 2 nitrogen and oxygen atoms in total. The zero-order valence-corrected chi connectivity index (χ0v) is 13.1. The van der Waals surface area contributed by atoms with Gasteiger partial charge in [0.05, 0.1) is 5.02 Å². The normalized spacial score (nSPS) is 24.0. The first-order valence-corrected chi connectivity index (χ1v) is 7.93. The smallest absolute Gasteiger partial charge is 0.142 e. The monoisotopic (exact) mass is 298 g/mol. The highest BCUT2D eigenvalue weighted by Gasteiger charge is 2.26. The molecule has 112 valence electrons. The third kappa shape index (κ3) is 3.94.